The second-order valence-electron chi connectivity index (χ2n) is 3.72. The van der Waals surface area contributed by atoms with Crippen molar-refractivity contribution in [3.63, 3.8) is 0 Å². The molecule has 1 aromatic carbocycles. The van der Waals surface area contributed by atoms with Crippen LogP contribution in [-0.4, -0.2) is 26.0 Å². The van der Waals surface area contributed by atoms with E-state index in [0.717, 1.165) is 10.7 Å². The van der Waals surface area contributed by atoms with Crippen LogP contribution in [0.1, 0.15) is 10.5 Å². The quantitative estimate of drug-likeness (QED) is 0.819. The number of aromatic nitrogens is 2. The van der Waals surface area contributed by atoms with E-state index in [4.69, 9.17) is 10.2 Å². The first-order valence-corrected chi connectivity index (χ1v) is 4.97. The number of aromatic hydroxyl groups is 1. The number of phenols is 1. The summed E-state index contributed by atoms with van der Waals surface area (Å²) in [6.07, 6.45) is 0. The van der Waals surface area contributed by atoms with Gasteiger partial charge in [0.05, 0.1) is 11.3 Å². The van der Waals surface area contributed by atoms with Crippen molar-refractivity contribution in [3.8, 4) is 17.0 Å². The van der Waals surface area contributed by atoms with Crippen LogP contribution in [0.2, 0.25) is 0 Å². The molecule has 0 fully saturated rings. The van der Waals surface area contributed by atoms with Crippen LogP contribution >= 0.6 is 0 Å². The van der Waals surface area contributed by atoms with Crippen LogP contribution in [0.4, 0.5) is 13.2 Å². The highest BCUT2D eigenvalue weighted by Crippen LogP contribution is 2.33. The van der Waals surface area contributed by atoms with Gasteiger partial charge < -0.3 is 10.2 Å². The molecule has 100 valence electrons. The molecule has 5 nitrogen and oxygen atoms in total. The summed E-state index contributed by atoms with van der Waals surface area (Å²) in [7, 11) is 1.24. The first-order chi connectivity index (χ1) is 8.82. The minimum atomic E-state index is -1.53. The van der Waals surface area contributed by atoms with Crippen LogP contribution in [0.3, 0.4) is 0 Å². The van der Waals surface area contributed by atoms with E-state index in [1.807, 2.05) is 0 Å². The third-order valence-corrected chi connectivity index (χ3v) is 2.49. The Morgan fingerprint density at radius 2 is 1.89 bits per heavy atom. The van der Waals surface area contributed by atoms with Crippen molar-refractivity contribution in [3.05, 3.63) is 35.3 Å². The standard InChI is InChI=1S/C11H7F3N2O3/c1-16-6(3-5(15-16)11(18)19)8-9(13)4(12)2-7(17)10(8)14/h2-3,17H,1H3,(H,18,19). The first-order valence-electron chi connectivity index (χ1n) is 4.97. The third-order valence-electron chi connectivity index (χ3n) is 2.49. The molecule has 0 aliphatic heterocycles. The summed E-state index contributed by atoms with van der Waals surface area (Å²) in [4.78, 5) is 10.7. The molecular weight excluding hydrogens is 265 g/mol. The fourth-order valence-corrected chi connectivity index (χ4v) is 1.62. The zero-order valence-corrected chi connectivity index (χ0v) is 9.49. The summed E-state index contributed by atoms with van der Waals surface area (Å²) in [6.45, 7) is 0. The minimum Gasteiger partial charge on any atom is -0.505 e. The van der Waals surface area contributed by atoms with Crippen LogP contribution in [-0.2, 0) is 7.05 Å². The van der Waals surface area contributed by atoms with Gasteiger partial charge in [0, 0.05) is 13.1 Å². The monoisotopic (exact) mass is 272 g/mol. The highest BCUT2D eigenvalue weighted by atomic mass is 19.2. The lowest BCUT2D eigenvalue weighted by Gasteiger charge is -2.07. The first kappa shape index (κ1) is 12.9. The van der Waals surface area contributed by atoms with Crippen LogP contribution in [0.25, 0.3) is 11.3 Å². The lowest BCUT2D eigenvalue weighted by molar-refractivity contribution is 0.0689. The van der Waals surface area contributed by atoms with Gasteiger partial charge in [0.25, 0.3) is 0 Å². The highest BCUT2D eigenvalue weighted by molar-refractivity contribution is 5.87. The van der Waals surface area contributed by atoms with Gasteiger partial charge in [-0.25, -0.2) is 18.0 Å². The van der Waals surface area contributed by atoms with Gasteiger partial charge in [-0.3, -0.25) is 4.68 Å². The number of aryl methyl sites for hydroxylation is 1. The second kappa shape index (κ2) is 4.30. The number of phenolic OH excluding ortho intramolecular Hbond substituents is 1. The molecule has 0 aliphatic rings. The van der Waals surface area contributed by atoms with Crippen molar-refractivity contribution < 1.29 is 28.2 Å². The Kier molecular flexibility index (Phi) is 2.93. The van der Waals surface area contributed by atoms with Crippen LogP contribution < -0.4 is 0 Å². The van der Waals surface area contributed by atoms with E-state index >= 15 is 0 Å². The van der Waals surface area contributed by atoms with E-state index < -0.39 is 40.4 Å². The number of rotatable bonds is 2. The number of carboxylic acids is 1. The SMILES string of the molecule is Cn1nc(C(=O)O)cc1-c1c(F)c(O)cc(F)c1F. The Labute approximate surface area is 104 Å². The third kappa shape index (κ3) is 2.01. The van der Waals surface area contributed by atoms with Crippen LogP contribution in [0.15, 0.2) is 12.1 Å². The average Bonchev–Trinajstić information content (AvgIpc) is 2.70. The zero-order chi connectivity index (χ0) is 14.3. The van der Waals surface area contributed by atoms with Gasteiger partial charge in [-0.05, 0) is 6.07 Å². The van der Waals surface area contributed by atoms with Gasteiger partial charge in [0.15, 0.2) is 28.9 Å². The predicted molar refractivity (Wildman–Crippen MR) is 57.1 cm³/mol. The molecule has 0 bridgehead atoms. The number of hydrogen-bond donors (Lipinski definition) is 2. The Balaban J connectivity index is 2.75. The Morgan fingerprint density at radius 1 is 1.26 bits per heavy atom. The molecule has 0 unspecified atom stereocenters. The fourth-order valence-electron chi connectivity index (χ4n) is 1.62. The lowest BCUT2D eigenvalue weighted by Crippen LogP contribution is -2.01. The van der Waals surface area contributed by atoms with Crippen LogP contribution in [0.5, 0.6) is 5.75 Å². The number of aromatic carboxylic acids is 1. The van der Waals surface area contributed by atoms with Gasteiger partial charge in [-0.1, -0.05) is 0 Å². The van der Waals surface area contributed by atoms with Gasteiger partial charge in [0.1, 0.15) is 0 Å². The molecule has 0 saturated heterocycles. The largest absolute Gasteiger partial charge is 0.505 e. The Hall–Kier alpha value is -2.51. The molecule has 0 atom stereocenters. The molecule has 0 radical (unpaired) electrons. The van der Waals surface area contributed by atoms with E-state index in [1.54, 1.807) is 0 Å². The van der Waals surface area contributed by atoms with E-state index in [-0.39, 0.29) is 5.69 Å². The van der Waals surface area contributed by atoms with E-state index in [0.29, 0.717) is 6.07 Å². The molecule has 19 heavy (non-hydrogen) atoms. The minimum absolute atomic E-state index is 0.294. The normalized spacial score (nSPS) is 10.7. The molecule has 2 N–H and O–H groups in total. The van der Waals surface area contributed by atoms with Crippen molar-refractivity contribution in [1.29, 1.82) is 0 Å². The summed E-state index contributed by atoms with van der Waals surface area (Å²) < 4.78 is 41.3. The molecule has 0 spiro atoms. The van der Waals surface area contributed by atoms with E-state index in [2.05, 4.69) is 5.10 Å². The molecule has 0 amide bonds. The van der Waals surface area contributed by atoms with Crippen molar-refractivity contribution >= 4 is 5.97 Å². The summed E-state index contributed by atoms with van der Waals surface area (Å²) in [5, 5.41) is 21.4. The van der Waals surface area contributed by atoms with Gasteiger partial charge >= 0.3 is 5.97 Å². The maximum atomic E-state index is 13.7. The van der Waals surface area contributed by atoms with Crippen molar-refractivity contribution in [2.45, 2.75) is 0 Å². The topological polar surface area (TPSA) is 75.4 Å². The summed E-state index contributed by atoms with van der Waals surface area (Å²) >= 11 is 0. The van der Waals surface area contributed by atoms with E-state index in [1.165, 1.54) is 7.05 Å². The fraction of sp³-hybridized carbons (Fsp3) is 0.0909. The Bertz CT molecular complexity index is 656. The maximum Gasteiger partial charge on any atom is 0.356 e. The lowest BCUT2D eigenvalue weighted by atomic mass is 10.1. The van der Waals surface area contributed by atoms with Gasteiger partial charge in [-0.2, -0.15) is 5.10 Å². The molecule has 2 aromatic rings. The predicted octanol–water partition coefficient (Wildman–Crippen LogP) is 1.91. The summed E-state index contributed by atoms with van der Waals surface area (Å²) in [5.41, 5.74) is -1.64. The number of carboxylic acid groups (broad SMARTS) is 1. The summed E-state index contributed by atoms with van der Waals surface area (Å²) in [5.74, 6) is -6.85. The Morgan fingerprint density at radius 3 is 2.42 bits per heavy atom. The van der Waals surface area contributed by atoms with Gasteiger partial charge in [-0.15, -0.1) is 0 Å². The summed E-state index contributed by atoms with van der Waals surface area (Å²) in [6, 6.07) is 1.17. The number of nitrogens with zero attached hydrogens (tertiary/aromatic N) is 2. The second-order valence-corrected chi connectivity index (χ2v) is 3.72. The molecule has 8 heteroatoms. The van der Waals surface area contributed by atoms with Crippen molar-refractivity contribution in [2.24, 2.45) is 7.05 Å². The van der Waals surface area contributed by atoms with Crippen molar-refractivity contribution in [2.75, 3.05) is 0 Å². The molecule has 0 saturated carbocycles. The molecule has 0 aliphatic carbocycles. The number of hydrogen-bond acceptors (Lipinski definition) is 3. The van der Waals surface area contributed by atoms with E-state index in [9.17, 15) is 18.0 Å². The molecule has 1 heterocycles. The highest BCUT2D eigenvalue weighted by Gasteiger charge is 2.24. The number of halogens is 3. The van der Waals surface area contributed by atoms with Crippen LogP contribution in [0, 0.1) is 17.5 Å². The smallest absolute Gasteiger partial charge is 0.356 e. The van der Waals surface area contributed by atoms with Crippen molar-refractivity contribution in [1.82, 2.24) is 9.78 Å². The molecule has 2 rings (SSSR count). The average molecular weight is 272 g/mol. The number of carbonyl (C=O) groups is 1. The maximum absolute atomic E-state index is 13.7. The van der Waals surface area contributed by atoms with Gasteiger partial charge in [0.2, 0.25) is 0 Å². The molecule has 1 aromatic heterocycles. The molecular formula is C11H7F3N2O3. The zero-order valence-electron chi connectivity index (χ0n) is 9.49. The number of benzene rings is 1.